The third kappa shape index (κ3) is 4.19. The number of imide groups is 2. The lowest BCUT2D eigenvalue weighted by Gasteiger charge is -2.62. The van der Waals surface area contributed by atoms with Crippen molar-refractivity contribution in [3.8, 4) is 0 Å². The van der Waals surface area contributed by atoms with Gasteiger partial charge in [0.2, 0.25) is 11.8 Å². The Labute approximate surface area is 239 Å². The highest BCUT2D eigenvalue weighted by Gasteiger charge is 2.54. The van der Waals surface area contributed by atoms with Crippen LogP contribution >= 0.6 is 0 Å². The summed E-state index contributed by atoms with van der Waals surface area (Å²) in [4.78, 5) is 77.1. The summed E-state index contributed by atoms with van der Waals surface area (Å²) < 4.78 is 15.3. The Morgan fingerprint density at radius 3 is 2.33 bits per heavy atom. The first-order valence-electron chi connectivity index (χ1n) is 14.0. The van der Waals surface area contributed by atoms with E-state index < -0.39 is 41.4 Å². The summed E-state index contributed by atoms with van der Waals surface area (Å²) in [5, 5.41) is 2.17. The molecule has 1 spiro atoms. The molecule has 1 unspecified atom stereocenters. The SMILES string of the molecule is NC(=O)c1cncc(N2CC3(CC(N4CCN(c5cc6c(cc5F)C(=O)N(C5CCC(=O)NC5=O)C6=O)CC4)C3)C2)n1. The van der Waals surface area contributed by atoms with Crippen LogP contribution in [0, 0.1) is 11.2 Å². The van der Waals surface area contributed by atoms with Crippen molar-refractivity contribution in [1.29, 1.82) is 0 Å². The maximum Gasteiger partial charge on any atom is 0.268 e. The first-order valence-corrected chi connectivity index (χ1v) is 14.0. The van der Waals surface area contributed by atoms with Gasteiger partial charge in [-0.05, 0) is 31.4 Å². The molecule has 4 fully saturated rings. The van der Waals surface area contributed by atoms with E-state index in [1.54, 1.807) is 6.20 Å². The second-order valence-electron chi connectivity index (χ2n) is 11.9. The highest BCUT2D eigenvalue weighted by molar-refractivity contribution is 6.23. The normalized spacial score (nSPS) is 24.0. The van der Waals surface area contributed by atoms with Gasteiger partial charge in [0.15, 0.2) is 0 Å². The van der Waals surface area contributed by atoms with Crippen LogP contribution in [0.3, 0.4) is 0 Å². The van der Waals surface area contributed by atoms with Gasteiger partial charge in [0.05, 0.1) is 29.2 Å². The van der Waals surface area contributed by atoms with Gasteiger partial charge in [0, 0.05) is 57.1 Å². The molecule has 1 saturated carbocycles. The zero-order chi connectivity index (χ0) is 29.3. The third-order valence-corrected chi connectivity index (χ3v) is 9.27. The number of nitrogens with two attached hydrogens (primary N) is 1. The van der Waals surface area contributed by atoms with Crippen LogP contribution in [0.25, 0.3) is 0 Å². The summed E-state index contributed by atoms with van der Waals surface area (Å²) in [7, 11) is 0. The van der Waals surface area contributed by atoms with Crippen molar-refractivity contribution in [3.05, 3.63) is 47.2 Å². The number of aromatic nitrogens is 2. The Bertz CT molecular complexity index is 1540. The maximum absolute atomic E-state index is 15.3. The topological polar surface area (TPSA) is 162 Å². The second-order valence-corrected chi connectivity index (χ2v) is 11.9. The number of piperidine rings is 1. The number of rotatable bonds is 5. The minimum Gasteiger partial charge on any atom is -0.367 e. The van der Waals surface area contributed by atoms with Gasteiger partial charge in [-0.2, -0.15) is 0 Å². The summed E-state index contributed by atoms with van der Waals surface area (Å²) in [6.45, 7) is 4.32. The number of halogens is 1. The second kappa shape index (κ2) is 9.54. The summed E-state index contributed by atoms with van der Waals surface area (Å²) in [6, 6.07) is 1.85. The van der Waals surface area contributed by atoms with Gasteiger partial charge in [-0.25, -0.2) is 9.37 Å². The molecule has 1 aromatic heterocycles. The predicted octanol–water partition coefficient (Wildman–Crippen LogP) is -0.0932. The molecule has 5 aliphatic rings. The number of primary amides is 1. The molecular formula is C28H29FN8O5. The number of hydrogen-bond donors (Lipinski definition) is 2. The number of hydrogen-bond acceptors (Lipinski definition) is 10. The lowest BCUT2D eigenvalue weighted by Crippen LogP contribution is -2.68. The first-order chi connectivity index (χ1) is 20.1. The van der Waals surface area contributed by atoms with Gasteiger partial charge in [-0.1, -0.05) is 0 Å². The summed E-state index contributed by atoms with van der Waals surface area (Å²) in [6.07, 6.45) is 5.17. The lowest BCUT2D eigenvalue weighted by atomic mass is 9.60. The van der Waals surface area contributed by atoms with E-state index >= 15 is 4.39 Å². The monoisotopic (exact) mass is 576 g/mol. The van der Waals surface area contributed by atoms with Crippen molar-refractivity contribution < 1.29 is 28.4 Å². The van der Waals surface area contributed by atoms with Crippen molar-refractivity contribution in [2.45, 2.75) is 37.8 Å². The van der Waals surface area contributed by atoms with Gasteiger partial charge in [-0.3, -0.25) is 44.1 Å². The highest BCUT2D eigenvalue weighted by atomic mass is 19.1. The van der Waals surface area contributed by atoms with Crippen LogP contribution in [0.4, 0.5) is 15.9 Å². The molecule has 1 atom stereocenters. The number of piperazine rings is 1. The number of fused-ring (bicyclic) bond motifs is 1. The minimum absolute atomic E-state index is 0.0214. The van der Waals surface area contributed by atoms with E-state index in [2.05, 4.69) is 25.1 Å². The van der Waals surface area contributed by atoms with Gasteiger partial charge >= 0.3 is 0 Å². The number of carbonyl (C=O) groups is 5. The van der Waals surface area contributed by atoms with Gasteiger partial charge in [-0.15, -0.1) is 0 Å². The van der Waals surface area contributed by atoms with E-state index in [9.17, 15) is 24.0 Å². The largest absolute Gasteiger partial charge is 0.367 e. The quantitative estimate of drug-likeness (QED) is 0.460. The van der Waals surface area contributed by atoms with Gasteiger partial charge in [0.1, 0.15) is 23.4 Å². The molecule has 7 rings (SSSR count). The number of anilines is 2. The van der Waals surface area contributed by atoms with E-state index in [1.165, 1.54) is 12.3 Å². The summed E-state index contributed by atoms with van der Waals surface area (Å²) in [5.74, 6) is -3.05. The Hall–Kier alpha value is -4.46. The number of benzene rings is 1. The van der Waals surface area contributed by atoms with Crippen LogP contribution in [0.2, 0.25) is 0 Å². The Balaban J connectivity index is 0.958. The number of nitrogens with zero attached hydrogens (tertiary/aromatic N) is 6. The number of amides is 5. The van der Waals surface area contributed by atoms with Crippen LogP contribution < -0.4 is 20.9 Å². The van der Waals surface area contributed by atoms with Crippen molar-refractivity contribution in [1.82, 2.24) is 25.1 Å². The zero-order valence-corrected chi connectivity index (χ0v) is 22.7. The Morgan fingerprint density at radius 2 is 1.67 bits per heavy atom. The molecule has 13 nitrogen and oxygen atoms in total. The molecule has 0 bridgehead atoms. The molecule has 42 heavy (non-hydrogen) atoms. The fourth-order valence-electron chi connectivity index (χ4n) is 7.06. The fourth-order valence-corrected chi connectivity index (χ4v) is 7.06. The molecule has 5 amide bonds. The molecule has 0 radical (unpaired) electrons. The van der Waals surface area contributed by atoms with Crippen LogP contribution in [0.5, 0.6) is 0 Å². The summed E-state index contributed by atoms with van der Waals surface area (Å²) in [5.41, 5.74) is 5.97. The van der Waals surface area contributed by atoms with Gasteiger partial charge in [0.25, 0.3) is 17.7 Å². The van der Waals surface area contributed by atoms with Crippen molar-refractivity contribution in [2.75, 3.05) is 49.1 Å². The molecule has 5 heterocycles. The van der Waals surface area contributed by atoms with E-state index in [-0.39, 0.29) is 40.8 Å². The van der Waals surface area contributed by atoms with Gasteiger partial charge < -0.3 is 15.5 Å². The molecule has 3 N–H and O–H groups in total. The lowest BCUT2D eigenvalue weighted by molar-refractivity contribution is -0.136. The molecule has 2 aromatic rings. The number of nitrogens with one attached hydrogen (secondary N) is 1. The van der Waals surface area contributed by atoms with E-state index in [4.69, 9.17) is 5.73 Å². The Morgan fingerprint density at radius 1 is 0.976 bits per heavy atom. The van der Waals surface area contributed by atoms with Crippen molar-refractivity contribution in [3.63, 3.8) is 0 Å². The average Bonchev–Trinajstić information content (AvgIpc) is 3.16. The maximum atomic E-state index is 15.3. The first kappa shape index (κ1) is 26.4. The fraction of sp³-hybridized carbons (Fsp3) is 0.464. The highest BCUT2D eigenvalue weighted by Crippen LogP contribution is 2.51. The molecule has 3 saturated heterocycles. The summed E-state index contributed by atoms with van der Waals surface area (Å²) >= 11 is 0. The molecular weight excluding hydrogens is 547 g/mol. The van der Waals surface area contributed by atoms with Crippen LogP contribution in [-0.4, -0.2) is 101 Å². The Kier molecular flexibility index (Phi) is 6.01. The van der Waals surface area contributed by atoms with Crippen LogP contribution in [0.15, 0.2) is 24.5 Å². The molecule has 4 aliphatic heterocycles. The third-order valence-electron chi connectivity index (χ3n) is 9.27. The van der Waals surface area contributed by atoms with Crippen LogP contribution in [-0.2, 0) is 9.59 Å². The van der Waals surface area contributed by atoms with E-state index in [0.717, 1.165) is 50.0 Å². The standard InChI is InChI=1S/C28H29FN8O5/c29-18-7-16-17(27(42)37(26(16)41)20-1-2-23(38)33-25(20)40)8-21(18)35-5-3-34(4-6-35)15-9-28(10-15)13-36(14-28)22-12-31-11-19(32-22)24(30)39/h7-8,11-12,15,20H,1-6,9-10,13-14H2,(H2,30,39)(H,33,38,40). The minimum atomic E-state index is -1.09. The molecule has 1 aliphatic carbocycles. The van der Waals surface area contributed by atoms with E-state index in [0.29, 0.717) is 24.9 Å². The molecule has 1 aromatic carbocycles. The van der Waals surface area contributed by atoms with Crippen molar-refractivity contribution in [2.24, 2.45) is 11.1 Å². The molecule has 218 valence electrons. The van der Waals surface area contributed by atoms with Crippen LogP contribution in [0.1, 0.15) is 56.9 Å². The zero-order valence-electron chi connectivity index (χ0n) is 22.7. The van der Waals surface area contributed by atoms with E-state index in [1.807, 2.05) is 4.90 Å². The predicted molar refractivity (Wildman–Crippen MR) is 145 cm³/mol. The van der Waals surface area contributed by atoms with Crippen molar-refractivity contribution >= 4 is 41.0 Å². The average molecular weight is 577 g/mol. The molecule has 14 heteroatoms. The number of carbonyl (C=O) groups excluding carboxylic acids is 5. The smallest absolute Gasteiger partial charge is 0.268 e.